The fraction of sp³-hybridized carbons (Fsp3) is 0.200. The van der Waals surface area contributed by atoms with Gasteiger partial charge in [0.15, 0.2) is 5.43 Å². The molecule has 0 fully saturated rings. The number of nitrogens with zero attached hydrogens (tertiary/aromatic N) is 1. The SMILES string of the molecule is COCCN1C(=O)c2oc3ccccc3c(=O)c2C1c1ccc(Cl)cc1. The molecule has 3 aromatic rings. The van der Waals surface area contributed by atoms with E-state index in [4.69, 9.17) is 20.8 Å². The van der Waals surface area contributed by atoms with Crippen LogP contribution in [0.1, 0.15) is 27.7 Å². The first-order chi connectivity index (χ1) is 12.6. The van der Waals surface area contributed by atoms with Crippen LogP contribution in [-0.2, 0) is 4.74 Å². The number of carbonyl (C=O) groups excluding carboxylic acids is 1. The minimum atomic E-state index is -0.522. The molecule has 1 atom stereocenters. The van der Waals surface area contributed by atoms with Gasteiger partial charge in [-0.1, -0.05) is 35.9 Å². The largest absolute Gasteiger partial charge is 0.450 e. The van der Waals surface area contributed by atoms with E-state index in [1.54, 1.807) is 48.4 Å². The predicted octanol–water partition coefficient (Wildman–Crippen LogP) is 3.64. The third-order valence-corrected chi connectivity index (χ3v) is 4.85. The number of methoxy groups -OCH3 is 1. The summed E-state index contributed by atoms with van der Waals surface area (Å²) in [5.74, 6) is -0.204. The molecule has 0 aliphatic carbocycles. The first kappa shape index (κ1) is 16.8. The summed E-state index contributed by atoms with van der Waals surface area (Å²) in [4.78, 5) is 27.7. The van der Waals surface area contributed by atoms with Gasteiger partial charge < -0.3 is 14.1 Å². The van der Waals surface area contributed by atoms with Gasteiger partial charge >= 0.3 is 0 Å². The fourth-order valence-corrected chi connectivity index (χ4v) is 3.51. The molecule has 0 bridgehead atoms. The number of carbonyl (C=O) groups is 1. The van der Waals surface area contributed by atoms with Gasteiger partial charge in [-0.15, -0.1) is 0 Å². The molecule has 1 aromatic heterocycles. The second-order valence-corrected chi connectivity index (χ2v) is 6.55. The minimum Gasteiger partial charge on any atom is -0.450 e. The van der Waals surface area contributed by atoms with E-state index in [1.165, 1.54) is 0 Å². The summed E-state index contributed by atoms with van der Waals surface area (Å²) in [5.41, 5.74) is 1.40. The lowest BCUT2D eigenvalue weighted by Gasteiger charge is -2.24. The third-order valence-electron chi connectivity index (χ3n) is 4.60. The van der Waals surface area contributed by atoms with Crippen LogP contribution < -0.4 is 5.43 Å². The zero-order valence-corrected chi connectivity index (χ0v) is 14.8. The van der Waals surface area contributed by atoms with Gasteiger partial charge in [-0.2, -0.15) is 0 Å². The number of fused-ring (bicyclic) bond motifs is 2. The molecule has 6 heteroatoms. The normalized spacial score (nSPS) is 16.3. The van der Waals surface area contributed by atoms with Gasteiger partial charge in [0.05, 0.1) is 23.6 Å². The highest BCUT2D eigenvalue weighted by atomic mass is 35.5. The van der Waals surface area contributed by atoms with Crippen molar-refractivity contribution in [1.82, 2.24) is 4.90 Å². The summed E-state index contributed by atoms with van der Waals surface area (Å²) in [6.45, 7) is 0.708. The number of hydrogen-bond donors (Lipinski definition) is 0. The molecule has 0 spiro atoms. The molecule has 0 N–H and O–H groups in total. The van der Waals surface area contributed by atoms with Crippen LogP contribution in [0.5, 0.6) is 0 Å². The quantitative estimate of drug-likeness (QED) is 0.704. The van der Waals surface area contributed by atoms with Crippen LogP contribution in [0.15, 0.2) is 57.7 Å². The second-order valence-electron chi connectivity index (χ2n) is 6.12. The molecular formula is C20H16ClNO4. The summed E-state index contributed by atoms with van der Waals surface area (Å²) in [5, 5.41) is 1.05. The van der Waals surface area contributed by atoms with Gasteiger partial charge in [0.2, 0.25) is 5.76 Å². The molecular weight excluding hydrogens is 354 g/mol. The van der Waals surface area contributed by atoms with Gasteiger partial charge in [0.25, 0.3) is 5.91 Å². The molecule has 0 saturated carbocycles. The van der Waals surface area contributed by atoms with E-state index < -0.39 is 6.04 Å². The number of ether oxygens (including phenoxy) is 1. The Morgan fingerprint density at radius 3 is 2.58 bits per heavy atom. The van der Waals surface area contributed by atoms with Crippen molar-refractivity contribution in [3.63, 3.8) is 0 Å². The smallest absolute Gasteiger partial charge is 0.290 e. The van der Waals surface area contributed by atoms with E-state index in [0.29, 0.717) is 34.7 Å². The summed E-state index contributed by atoms with van der Waals surface area (Å²) in [6, 6.07) is 13.6. The average molecular weight is 370 g/mol. The first-order valence-electron chi connectivity index (χ1n) is 8.23. The lowest BCUT2D eigenvalue weighted by Crippen LogP contribution is -2.32. The maximum atomic E-state index is 13.1. The van der Waals surface area contributed by atoms with E-state index in [1.807, 2.05) is 12.1 Å². The Bertz CT molecular complexity index is 1040. The molecule has 2 heterocycles. The Hall–Kier alpha value is -2.63. The number of halogens is 1. The summed E-state index contributed by atoms with van der Waals surface area (Å²) in [6.07, 6.45) is 0. The van der Waals surface area contributed by atoms with Crippen LogP contribution in [0.4, 0.5) is 0 Å². The third kappa shape index (κ3) is 2.60. The highest BCUT2D eigenvalue weighted by molar-refractivity contribution is 6.30. The Kier molecular flexibility index (Phi) is 4.26. The molecule has 1 amide bonds. The molecule has 0 radical (unpaired) electrons. The van der Waals surface area contributed by atoms with Gasteiger partial charge in [-0.05, 0) is 29.8 Å². The van der Waals surface area contributed by atoms with Crippen molar-refractivity contribution in [2.45, 2.75) is 6.04 Å². The topological polar surface area (TPSA) is 59.8 Å². The standard InChI is InChI=1S/C20H16ClNO4/c1-25-11-10-22-17(12-6-8-13(21)9-7-12)16-18(23)14-4-2-3-5-15(14)26-19(16)20(22)24/h2-9,17H,10-11H2,1H3. The monoisotopic (exact) mass is 369 g/mol. The Labute approximate surface area is 154 Å². The van der Waals surface area contributed by atoms with Crippen molar-refractivity contribution in [2.75, 3.05) is 20.3 Å². The van der Waals surface area contributed by atoms with Crippen molar-refractivity contribution >= 4 is 28.5 Å². The lowest BCUT2D eigenvalue weighted by atomic mass is 9.98. The van der Waals surface area contributed by atoms with Crippen molar-refractivity contribution in [3.8, 4) is 0 Å². The molecule has 132 valence electrons. The molecule has 4 rings (SSSR count). The van der Waals surface area contributed by atoms with Crippen molar-refractivity contribution in [2.24, 2.45) is 0 Å². The zero-order chi connectivity index (χ0) is 18.3. The Morgan fingerprint density at radius 1 is 1.12 bits per heavy atom. The fourth-order valence-electron chi connectivity index (χ4n) is 3.38. The zero-order valence-electron chi connectivity index (χ0n) is 14.1. The van der Waals surface area contributed by atoms with E-state index in [-0.39, 0.29) is 17.1 Å². The maximum absolute atomic E-state index is 13.1. The lowest BCUT2D eigenvalue weighted by molar-refractivity contribution is 0.0663. The van der Waals surface area contributed by atoms with Gasteiger partial charge in [0, 0.05) is 18.7 Å². The number of amides is 1. The Morgan fingerprint density at radius 2 is 1.85 bits per heavy atom. The van der Waals surface area contributed by atoms with E-state index >= 15 is 0 Å². The van der Waals surface area contributed by atoms with Crippen molar-refractivity contribution in [3.05, 3.63) is 80.7 Å². The predicted molar refractivity (Wildman–Crippen MR) is 98.7 cm³/mol. The summed E-state index contributed by atoms with van der Waals surface area (Å²) < 4.78 is 11.0. The van der Waals surface area contributed by atoms with E-state index in [0.717, 1.165) is 5.56 Å². The van der Waals surface area contributed by atoms with E-state index in [2.05, 4.69) is 0 Å². The minimum absolute atomic E-state index is 0.102. The molecule has 0 saturated heterocycles. The van der Waals surface area contributed by atoms with Gasteiger partial charge in [-0.3, -0.25) is 9.59 Å². The van der Waals surface area contributed by atoms with Crippen molar-refractivity contribution < 1.29 is 13.9 Å². The van der Waals surface area contributed by atoms with Crippen LogP contribution in [0.2, 0.25) is 5.02 Å². The number of hydrogen-bond acceptors (Lipinski definition) is 4. The molecule has 5 nitrogen and oxygen atoms in total. The second kappa shape index (κ2) is 6.59. The average Bonchev–Trinajstić information content (AvgIpc) is 2.93. The summed E-state index contributed by atoms with van der Waals surface area (Å²) >= 11 is 6.00. The molecule has 1 aliphatic rings. The number of para-hydroxylation sites is 1. The highest BCUT2D eigenvalue weighted by Crippen LogP contribution is 2.38. The maximum Gasteiger partial charge on any atom is 0.290 e. The van der Waals surface area contributed by atoms with Crippen LogP contribution in [0.25, 0.3) is 11.0 Å². The molecule has 2 aromatic carbocycles. The van der Waals surface area contributed by atoms with E-state index in [9.17, 15) is 9.59 Å². The first-order valence-corrected chi connectivity index (χ1v) is 8.60. The summed E-state index contributed by atoms with van der Waals surface area (Å²) in [7, 11) is 1.57. The molecule has 26 heavy (non-hydrogen) atoms. The van der Waals surface area contributed by atoms with Crippen LogP contribution >= 0.6 is 11.6 Å². The van der Waals surface area contributed by atoms with Crippen LogP contribution in [-0.4, -0.2) is 31.1 Å². The van der Waals surface area contributed by atoms with Crippen LogP contribution in [0, 0.1) is 0 Å². The molecule has 1 aliphatic heterocycles. The number of rotatable bonds is 4. The van der Waals surface area contributed by atoms with Crippen molar-refractivity contribution in [1.29, 1.82) is 0 Å². The highest BCUT2D eigenvalue weighted by Gasteiger charge is 2.42. The number of benzene rings is 2. The van der Waals surface area contributed by atoms with Gasteiger partial charge in [0.1, 0.15) is 5.58 Å². The van der Waals surface area contributed by atoms with Crippen LogP contribution in [0.3, 0.4) is 0 Å². The molecule has 1 unspecified atom stereocenters. The van der Waals surface area contributed by atoms with Gasteiger partial charge in [-0.25, -0.2) is 0 Å². The Balaban J connectivity index is 1.96.